The SMILES string of the molecule is Cc1cccc(C)c1NC(=O)C(Sc1ccc(NC(=O)/C(=C/c2cccc(Cl)c2)NC(=O)c2ccccc2)cc1)c1ccccc1. The van der Waals surface area contributed by atoms with Gasteiger partial charge in [-0.1, -0.05) is 90.5 Å². The molecule has 3 amide bonds. The highest BCUT2D eigenvalue weighted by Crippen LogP contribution is 2.37. The molecule has 0 bridgehead atoms. The van der Waals surface area contributed by atoms with Crippen LogP contribution in [-0.2, 0) is 9.59 Å². The zero-order chi connectivity index (χ0) is 32.5. The molecule has 5 aromatic rings. The minimum atomic E-state index is -0.513. The van der Waals surface area contributed by atoms with E-state index in [1.165, 1.54) is 11.8 Å². The van der Waals surface area contributed by atoms with Crippen molar-refractivity contribution >= 4 is 58.5 Å². The number of hydrogen-bond acceptors (Lipinski definition) is 4. The summed E-state index contributed by atoms with van der Waals surface area (Å²) >= 11 is 7.58. The van der Waals surface area contributed by atoms with Crippen molar-refractivity contribution in [2.75, 3.05) is 10.6 Å². The Balaban J connectivity index is 1.34. The molecule has 0 radical (unpaired) electrons. The molecule has 3 N–H and O–H groups in total. The van der Waals surface area contributed by atoms with E-state index in [0.717, 1.165) is 27.3 Å². The molecule has 0 saturated heterocycles. The van der Waals surface area contributed by atoms with E-state index in [1.807, 2.05) is 80.6 Å². The quantitative estimate of drug-likeness (QED) is 0.105. The highest BCUT2D eigenvalue weighted by atomic mass is 35.5. The number of rotatable bonds is 10. The number of hydrogen-bond donors (Lipinski definition) is 3. The largest absolute Gasteiger partial charge is 0.324 e. The van der Waals surface area contributed by atoms with Gasteiger partial charge < -0.3 is 16.0 Å². The molecular formula is C38H32ClN3O3S. The van der Waals surface area contributed by atoms with Crippen LogP contribution in [0.4, 0.5) is 11.4 Å². The van der Waals surface area contributed by atoms with Gasteiger partial charge in [0.1, 0.15) is 10.9 Å². The lowest BCUT2D eigenvalue weighted by Gasteiger charge is -2.19. The molecule has 0 aliphatic carbocycles. The Morgan fingerprint density at radius 1 is 0.717 bits per heavy atom. The lowest BCUT2D eigenvalue weighted by molar-refractivity contribution is -0.116. The maximum absolute atomic E-state index is 13.6. The molecular weight excluding hydrogens is 614 g/mol. The summed E-state index contributed by atoms with van der Waals surface area (Å²) in [4.78, 5) is 40.9. The maximum atomic E-state index is 13.6. The molecule has 0 fully saturated rings. The fraction of sp³-hybridized carbons (Fsp3) is 0.0789. The molecule has 8 heteroatoms. The Hall–Kier alpha value is -5.11. The number of benzene rings is 5. The van der Waals surface area contributed by atoms with Crippen molar-refractivity contribution in [3.05, 3.63) is 166 Å². The van der Waals surface area contributed by atoms with Crippen LogP contribution in [0.15, 0.2) is 138 Å². The third-order valence-corrected chi connectivity index (χ3v) is 8.63. The fourth-order valence-electron chi connectivity index (χ4n) is 4.76. The summed E-state index contributed by atoms with van der Waals surface area (Å²) < 4.78 is 0. The molecule has 1 atom stereocenters. The number of anilines is 2. The summed E-state index contributed by atoms with van der Waals surface area (Å²) in [5.41, 5.74) is 5.33. The van der Waals surface area contributed by atoms with E-state index >= 15 is 0 Å². The van der Waals surface area contributed by atoms with Crippen molar-refractivity contribution in [1.29, 1.82) is 0 Å². The molecule has 0 aliphatic heterocycles. The molecule has 5 rings (SSSR count). The Labute approximate surface area is 277 Å². The zero-order valence-electron chi connectivity index (χ0n) is 25.3. The van der Waals surface area contributed by atoms with Crippen LogP contribution in [0, 0.1) is 13.8 Å². The molecule has 0 aromatic heterocycles. The van der Waals surface area contributed by atoms with E-state index in [4.69, 9.17) is 11.6 Å². The first-order valence-electron chi connectivity index (χ1n) is 14.6. The van der Waals surface area contributed by atoms with Crippen LogP contribution in [0.1, 0.15) is 37.9 Å². The summed E-state index contributed by atoms with van der Waals surface area (Å²) in [5.74, 6) is -1.04. The van der Waals surface area contributed by atoms with Crippen molar-refractivity contribution in [2.24, 2.45) is 0 Å². The first kappa shape index (κ1) is 32.3. The van der Waals surface area contributed by atoms with Gasteiger partial charge >= 0.3 is 0 Å². The van der Waals surface area contributed by atoms with Crippen molar-refractivity contribution < 1.29 is 14.4 Å². The Kier molecular flexibility index (Phi) is 10.7. The van der Waals surface area contributed by atoms with Crippen molar-refractivity contribution in [3.8, 4) is 0 Å². The van der Waals surface area contributed by atoms with Crippen LogP contribution in [0.25, 0.3) is 6.08 Å². The molecule has 0 saturated carbocycles. The first-order chi connectivity index (χ1) is 22.3. The number of carbonyl (C=O) groups excluding carboxylic acids is 3. The van der Waals surface area contributed by atoms with Crippen LogP contribution >= 0.6 is 23.4 Å². The van der Waals surface area contributed by atoms with E-state index in [1.54, 1.807) is 66.7 Å². The second-order valence-electron chi connectivity index (χ2n) is 10.6. The Bertz CT molecular complexity index is 1860. The summed E-state index contributed by atoms with van der Waals surface area (Å²) in [6.45, 7) is 3.95. The van der Waals surface area contributed by atoms with Gasteiger partial charge in [-0.15, -0.1) is 11.8 Å². The predicted molar refractivity (Wildman–Crippen MR) is 188 cm³/mol. The first-order valence-corrected chi connectivity index (χ1v) is 15.9. The highest BCUT2D eigenvalue weighted by molar-refractivity contribution is 8.00. The standard InChI is InChI=1S/C38H32ClN3O3S/c1-25-11-9-12-26(2)34(25)42-38(45)35(28-14-5-3-6-15-28)46-32-21-19-31(20-22-32)40-37(44)33(24-27-13-10-18-30(39)23-27)41-36(43)29-16-7-4-8-17-29/h3-24,35H,1-2H3,(H,40,44)(H,41,43)(H,42,45)/b33-24-. The second-order valence-corrected chi connectivity index (χ2v) is 12.2. The third kappa shape index (κ3) is 8.53. The maximum Gasteiger partial charge on any atom is 0.272 e. The molecule has 5 aromatic carbocycles. The summed E-state index contributed by atoms with van der Waals surface area (Å²) in [5, 5.41) is 8.73. The average molecular weight is 646 g/mol. The van der Waals surface area contributed by atoms with Crippen LogP contribution in [0.3, 0.4) is 0 Å². The second kappa shape index (κ2) is 15.3. The fourth-order valence-corrected chi connectivity index (χ4v) is 5.98. The van der Waals surface area contributed by atoms with Gasteiger partial charge in [0.2, 0.25) is 5.91 Å². The van der Waals surface area contributed by atoms with E-state index in [0.29, 0.717) is 21.8 Å². The number of para-hydroxylation sites is 1. The molecule has 0 heterocycles. The average Bonchev–Trinajstić information content (AvgIpc) is 3.06. The topological polar surface area (TPSA) is 87.3 Å². The van der Waals surface area contributed by atoms with Crippen LogP contribution < -0.4 is 16.0 Å². The molecule has 230 valence electrons. The molecule has 0 aliphatic rings. The monoisotopic (exact) mass is 645 g/mol. The molecule has 46 heavy (non-hydrogen) atoms. The summed E-state index contributed by atoms with van der Waals surface area (Å²) in [7, 11) is 0. The number of nitrogens with one attached hydrogen (secondary N) is 3. The van der Waals surface area contributed by atoms with Crippen molar-refractivity contribution in [1.82, 2.24) is 5.32 Å². The van der Waals surface area contributed by atoms with Gasteiger partial charge in [0.15, 0.2) is 0 Å². The normalized spacial score (nSPS) is 11.8. The minimum absolute atomic E-state index is 0.0573. The van der Waals surface area contributed by atoms with Crippen LogP contribution in [-0.4, -0.2) is 17.7 Å². The number of amides is 3. The number of halogens is 1. The van der Waals surface area contributed by atoms with E-state index in [-0.39, 0.29) is 11.6 Å². The Morgan fingerprint density at radius 2 is 1.35 bits per heavy atom. The van der Waals surface area contributed by atoms with E-state index in [9.17, 15) is 14.4 Å². The smallest absolute Gasteiger partial charge is 0.272 e. The van der Waals surface area contributed by atoms with E-state index < -0.39 is 17.1 Å². The van der Waals surface area contributed by atoms with E-state index in [2.05, 4.69) is 16.0 Å². The highest BCUT2D eigenvalue weighted by Gasteiger charge is 2.23. The van der Waals surface area contributed by atoms with Crippen molar-refractivity contribution in [2.45, 2.75) is 24.0 Å². The molecule has 6 nitrogen and oxygen atoms in total. The Morgan fingerprint density at radius 3 is 2.00 bits per heavy atom. The molecule has 1 unspecified atom stereocenters. The van der Waals surface area contributed by atoms with Crippen molar-refractivity contribution in [3.63, 3.8) is 0 Å². The van der Waals surface area contributed by atoms with Gasteiger partial charge in [-0.05, 0) is 90.7 Å². The van der Waals surface area contributed by atoms with Gasteiger partial charge in [0, 0.05) is 26.9 Å². The zero-order valence-corrected chi connectivity index (χ0v) is 26.9. The minimum Gasteiger partial charge on any atom is -0.324 e. The number of carbonyl (C=O) groups is 3. The predicted octanol–water partition coefficient (Wildman–Crippen LogP) is 8.84. The molecule has 0 spiro atoms. The van der Waals surface area contributed by atoms with Gasteiger partial charge in [-0.2, -0.15) is 0 Å². The van der Waals surface area contributed by atoms with Gasteiger partial charge in [0.25, 0.3) is 11.8 Å². The van der Waals surface area contributed by atoms with Crippen LogP contribution in [0.5, 0.6) is 0 Å². The van der Waals surface area contributed by atoms with Gasteiger partial charge in [-0.25, -0.2) is 0 Å². The van der Waals surface area contributed by atoms with Gasteiger partial charge in [0.05, 0.1) is 0 Å². The lowest BCUT2D eigenvalue weighted by Crippen LogP contribution is -2.30. The lowest BCUT2D eigenvalue weighted by atomic mass is 10.1. The third-order valence-electron chi connectivity index (χ3n) is 7.12. The summed E-state index contributed by atoms with van der Waals surface area (Å²) in [6.07, 6.45) is 1.57. The van der Waals surface area contributed by atoms with Gasteiger partial charge in [-0.3, -0.25) is 14.4 Å². The summed E-state index contributed by atoms with van der Waals surface area (Å²) in [6, 6.07) is 38.4. The number of thioether (sulfide) groups is 1. The van der Waals surface area contributed by atoms with Crippen LogP contribution in [0.2, 0.25) is 5.02 Å². The number of aryl methyl sites for hydroxylation is 2.